The molecule has 0 saturated carbocycles. The molecule has 0 radical (unpaired) electrons. The van der Waals surface area contributed by atoms with Crippen LogP contribution in [0.2, 0.25) is 5.02 Å². The molecule has 11 heteroatoms. The van der Waals surface area contributed by atoms with Gasteiger partial charge in [-0.2, -0.15) is 39.5 Å². The summed E-state index contributed by atoms with van der Waals surface area (Å²) < 4.78 is 113. The molecular weight excluding hydrogens is 359 g/mol. The second kappa shape index (κ2) is 5.45. The number of hydrogen-bond acceptors (Lipinski definition) is 1. The van der Waals surface area contributed by atoms with Crippen LogP contribution in [0.4, 0.5) is 39.5 Å². The summed E-state index contributed by atoms with van der Waals surface area (Å²) in [6.45, 7) is 0. The Hall–Kier alpha value is -0.770. The summed E-state index contributed by atoms with van der Waals surface area (Å²) in [4.78, 5) is -0.651. The van der Waals surface area contributed by atoms with E-state index in [0.717, 1.165) is 24.3 Å². The summed E-state index contributed by atoms with van der Waals surface area (Å²) in [6.07, 6.45) is -6.82. The molecular formula is C10H4ClF9S. The van der Waals surface area contributed by atoms with Crippen molar-refractivity contribution in [1.82, 2.24) is 0 Å². The second-order valence-electron chi connectivity index (χ2n) is 3.72. The molecule has 0 aliphatic rings. The van der Waals surface area contributed by atoms with Gasteiger partial charge < -0.3 is 0 Å². The minimum atomic E-state index is -6.89. The average molecular weight is 363 g/mol. The summed E-state index contributed by atoms with van der Waals surface area (Å²) in [5, 5.41) is -5.66. The highest BCUT2D eigenvalue weighted by Crippen LogP contribution is 2.57. The Morgan fingerprint density at radius 3 is 1.52 bits per heavy atom. The normalized spacial score (nSPS) is 14.4. The van der Waals surface area contributed by atoms with Gasteiger partial charge >= 0.3 is 23.3 Å². The molecule has 0 unspecified atom stereocenters. The molecule has 0 atom stereocenters. The predicted octanol–water partition coefficient (Wildman–Crippen LogP) is 5.86. The van der Waals surface area contributed by atoms with Crippen LogP contribution >= 0.6 is 23.4 Å². The van der Waals surface area contributed by atoms with Gasteiger partial charge in [-0.3, -0.25) is 0 Å². The Kier molecular flexibility index (Phi) is 4.75. The van der Waals surface area contributed by atoms with E-state index in [-0.39, 0.29) is 5.02 Å². The molecule has 0 N–H and O–H groups in total. The summed E-state index contributed by atoms with van der Waals surface area (Å²) in [6, 6.07) is 3.53. The Bertz CT molecular complexity index is 494. The van der Waals surface area contributed by atoms with Crippen LogP contribution in [0.15, 0.2) is 29.2 Å². The maximum atomic E-state index is 13.2. The third-order valence-electron chi connectivity index (χ3n) is 2.18. The van der Waals surface area contributed by atoms with Crippen molar-refractivity contribution in [3.8, 4) is 0 Å². The maximum Gasteiger partial charge on any atom is 0.460 e. The summed E-state index contributed by atoms with van der Waals surface area (Å²) in [5.74, 6) is -13.5. The highest BCUT2D eigenvalue weighted by Gasteiger charge is 2.82. The quantitative estimate of drug-likeness (QED) is 0.477. The Morgan fingerprint density at radius 1 is 0.714 bits per heavy atom. The average Bonchev–Trinajstić information content (AvgIpc) is 2.30. The lowest BCUT2D eigenvalue weighted by Gasteiger charge is -2.33. The molecule has 0 amide bonds. The van der Waals surface area contributed by atoms with Gasteiger partial charge in [-0.1, -0.05) is 11.6 Å². The molecule has 1 aromatic rings. The van der Waals surface area contributed by atoms with E-state index in [9.17, 15) is 39.5 Å². The van der Waals surface area contributed by atoms with Crippen LogP contribution in [0.5, 0.6) is 0 Å². The number of halogens is 10. The zero-order valence-corrected chi connectivity index (χ0v) is 11.1. The predicted molar refractivity (Wildman–Crippen MR) is 58.2 cm³/mol. The van der Waals surface area contributed by atoms with E-state index in [0.29, 0.717) is 0 Å². The summed E-state index contributed by atoms with van der Waals surface area (Å²) in [7, 11) is 0. The molecule has 0 aliphatic carbocycles. The van der Waals surface area contributed by atoms with Gasteiger partial charge in [0.25, 0.3) is 0 Å². The summed E-state index contributed by atoms with van der Waals surface area (Å²) in [5.41, 5.74) is 0. The van der Waals surface area contributed by atoms with E-state index in [1.165, 1.54) is 0 Å². The number of benzene rings is 1. The first kappa shape index (κ1) is 18.3. The Labute approximate surface area is 121 Å². The van der Waals surface area contributed by atoms with Gasteiger partial charge in [0.15, 0.2) is 0 Å². The van der Waals surface area contributed by atoms with Gasteiger partial charge in [-0.05, 0) is 36.0 Å². The number of rotatable bonds is 4. The van der Waals surface area contributed by atoms with Crippen LogP contribution in [0.3, 0.4) is 0 Å². The van der Waals surface area contributed by atoms with Crippen molar-refractivity contribution in [3.63, 3.8) is 0 Å². The van der Waals surface area contributed by atoms with Gasteiger partial charge in [-0.25, -0.2) is 0 Å². The molecule has 0 spiro atoms. The van der Waals surface area contributed by atoms with Crippen molar-refractivity contribution in [2.24, 2.45) is 0 Å². The van der Waals surface area contributed by atoms with Crippen LogP contribution in [0.25, 0.3) is 0 Å². The zero-order chi connectivity index (χ0) is 16.7. The van der Waals surface area contributed by atoms with Crippen LogP contribution in [0.1, 0.15) is 0 Å². The maximum absolute atomic E-state index is 13.2. The zero-order valence-electron chi connectivity index (χ0n) is 9.50. The third kappa shape index (κ3) is 3.36. The van der Waals surface area contributed by atoms with E-state index in [4.69, 9.17) is 11.6 Å². The molecule has 0 heterocycles. The molecule has 0 aromatic heterocycles. The smallest absolute Gasteiger partial charge is 0.191 e. The van der Waals surface area contributed by atoms with Crippen LogP contribution < -0.4 is 0 Å². The third-order valence-corrected chi connectivity index (χ3v) is 3.45. The number of thioether (sulfide) groups is 1. The van der Waals surface area contributed by atoms with Crippen molar-refractivity contribution in [3.05, 3.63) is 29.3 Å². The van der Waals surface area contributed by atoms with Crippen molar-refractivity contribution in [1.29, 1.82) is 0 Å². The fraction of sp³-hybridized carbons (Fsp3) is 0.400. The first-order valence-corrected chi connectivity index (χ1v) is 6.06. The van der Waals surface area contributed by atoms with Crippen LogP contribution in [-0.4, -0.2) is 23.3 Å². The monoisotopic (exact) mass is 362 g/mol. The van der Waals surface area contributed by atoms with Gasteiger partial charge in [-0.15, -0.1) is 0 Å². The van der Waals surface area contributed by atoms with Crippen LogP contribution in [0, 0.1) is 0 Å². The van der Waals surface area contributed by atoms with Gasteiger partial charge in [0.05, 0.1) is 0 Å². The minimum absolute atomic E-state index is 0.0371. The van der Waals surface area contributed by atoms with E-state index in [1.807, 2.05) is 0 Å². The highest BCUT2D eigenvalue weighted by molar-refractivity contribution is 8.00. The fourth-order valence-electron chi connectivity index (χ4n) is 1.08. The standard InChI is InChI=1S/C10H4ClF9S/c11-5-1-3-6(4-2-5)21-10(19,20)8(14,15)7(12,13)9(16,17)18/h1-4H. The first-order chi connectivity index (χ1) is 9.22. The molecule has 0 fully saturated rings. The lowest BCUT2D eigenvalue weighted by atomic mass is 10.1. The fourth-order valence-corrected chi connectivity index (χ4v) is 2.03. The number of alkyl halides is 9. The van der Waals surface area contributed by atoms with Crippen molar-refractivity contribution < 1.29 is 39.5 Å². The van der Waals surface area contributed by atoms with E-state index in [1.54, 1.807) is 0 Å². The first-order valence-electron chi connectivity index (χ1n) is 4.87. The van der Waals surface area contributed by atoms with Crippen molar-refractivity contribution in [2.75, 3.05) is 0 Å². The number of hydrogen-bond donors (Lipinski definition) is 0. The molecule has 1 rings (SSSR count). The van der Waals surface area contributed by atoms with Gasteiger partial charge in [0, 0.05) is 9.92 Å². The van der Waals surface area contributed by atoms with Gasteiger partial charge in [0.2, 0.25) is 0 Å². The Morgan fingerprint density at radius 2 is 1.14 bits per heavy atom. The lowest BCUT2D eigenvalue weighted by Crippen LogP contribution is -2.59. The SMILES string of the molecule is FC(F)(F)C(F)(F)C(F)(F)C(F)(F)Sc1ccc(Cl)cc1. The largest absolute Gasteiger partial charge is 0.460 e. The molecule has 21 heavy (non-hydrogen) atoms. The van der Waals surface area contributed by atoms with E-state index >= 15 is 0 Å². The minimum Gasteiger partial charge on any atom is -0.191 e. The van der Waals surface area contributed by atoms with E-state index < -0.39 is 39.9 Å². The van der Waals surface area contributed by atoms with Crippen molar-refractivity contribution >= 4 is 23.4 Å². The van der Waals surface area contributed by atoms with Gasteiger partial charge in [0.1, 0.15) is 0 Å². The topological polar surface area (TPSA) is 0 Å². The molecule has 1 aromatic carbocycles. The van der Waals surface area contributed by atoms with E-state index in [2.05, 4.69) is 0 Å². The molecule has 0 saturated heterocycles. The molecule has 120 valence electrons. The highest BCUT2D eigenvalue weighted by atomic mass is 35.5. The molecule has 0 bridgehead atoms. The van der Waals surface area contributed by atoms with Crippen molar-refractivity contribution in [2.45, 2.75) is 28.2 Å². The Balaban J connectivity index is 3.12. The lowest BCUT2D eigenvalue weighted by molar-refractivity contribution is -0.381. The second-order valence-corrected chi connectivity index (χ2v) is 5.34. The molecule has 0 aliphatic heterocycles. The van der Waals surface area contributed by atoms with Crippen LogP contribution in [-0.2, 0) is 0 Å². The summed E-state index contributed by atoms with van der Waals surface area (Å²) >= 11 is 4.27. The molecule has 0 nitrogen and oxygen atoms in total.